The molecule has 0 unspecified atom stereocenters. The van der Waals surface area contributed by atoms with Crippen molar-refractivity contribution in [1.82, 2.24) is 15.0 Å². The van der Waals surface area contributed by atoms with Gasteiger partial charge in [0.15, 0.2) is 0 Å². The van der Waals surface area contributed by atoms with E-state index in [9.17, 15) is 4.79 Å². The number of carboxylic acids is 1. The van der Waals surface area contributed by atoms with E-state index in [1.54, 1.807) is 12.1 Å². The molecular formula is C13H15N3O2. The molecular weight excluding hydrogens is 230 g/mol. The quantitative estimate of drug-likeness (QED) is 0.901. The highest BCUT2D eigenvalue weighted by Crippen LogP contribution is 2.41. The van der Waals surface area contributed by atoms with E-state index in [2.05, 4.69) is 17.2 Å². The highest BCUT2D eigenvalue weighted by Gasteiger charge is 2.33. The average molecular weight is 245 g/mol. The van der Waals surface area contributed by atoms with Gasteiger partial charge in [-0.1, -0.05) is 24.6 Å². The molecule has 0 atom stereocenters. The van der Waals surface area contributed by atoms with Crippen LogP contribution >= 0.6 is 0 Å². The summed E-state index contributed by atoms with van der Waals surface area (Å²) in [4.78, 5) is 11.1. The highest BCUT2D eigenvalue weighted by molar-refractivity contribution is 6.00. The van der Waals surface area contributed by atoms with Crippen molar-refractivity contribution in [3.8, 4) is 0 Å². The summed E-state index contributed by atoms with van der Waals surface area (Å²) in [5, 5.41) is 17.2. The third kappa shape index (κ3) is 1.66. The smallest absolute Gasteiger partial charge is 0.338 e. The molecule has 3 rings (SSSR count). The maximum atomic E-state index is 11.1. The van der Waals surface area contributed by atoms with Gasteiger partial charge in [-0.05, 0) is 30.4 Å². The topological polar surface area (TPSA) is 68.0 Å². The van der Waals surface area contributed by atoms with Gasteiger partial charge in [0.1, 0.15) is 5.52 Å². The summed E-state index contributed by atoms with van der Waals surface area (Å²) in [5.74, 6) is -0.956. The Morgan fingerprint density at radius 2 is 2.28 bits per heavy atom. The summed E-state index contributed by atoms with van der Waals surface area (Å²) < 4.78 is 1.83. The maximum absolute atomic E-state index is 11.1. The van der Waals surface area contributed by atoms with Crippen LogP contribution in [-0.4, -0.2) is 26.1 Å². The number of carboxylic acid groups (broad SMARTS) is 1. The molecule has 1 aromatic heterocycles. The molecule has 0 saturated heterocycles. The van der Waals surface area contributed by atoms with Gasteiger partial charge in [0.2, 0.25) is 0 Å². The van der Waals surface area contributed by atoms with Crippen molar-refractivity contribution >= 4 is 17.0 Å². The zero-order valence-electron chi connectivity index (χ0n) is 10.3. The number of aromatic nitrogens is 3. The van der Waals surface area contributed by atoms with Crippen molar-refractivity contribution in [3.05, 3.63) is 23.8 Å². The number of hydrogen-bond donors (Lipinski definition) is 1. The van der Waals surface area contributed by atoms with Crippen LogP contribution in [-0.2, 0) is 6.54 Å². The number of carbonyl (C=O) groups is 1. The van der Waals surface area contributed by atoms with Gasteiger partial charge in [-0.25, -0.2) is 9.48 Å². The molecule has 1 aliphatic carbocycles. The van der Waals surface area contributed by atoms with Crippen LogP contribution in [0.2, 0.25) is 0 Å². The Morgan fingerprint density at radius 3 is 2.89 bits per heavy atom. The molecule has 2 aromatic rings. The molecule has 0 aliphatic heterocycles. The van der Waals surface area contributed by atoms with Crippen LogP contribution < -0.4 is 0 Å². The number of benzene rings is 1. The largest absolute Gasteiger partial charge is 0.478 e. The fraction of sp³-hybridized carbons (Fsp3) is 0.462. The lowest BCUT2D eigenvalue weighted by atomic mass is 9.70. The van der Waals surface area contributed by atoms with Gasteiger partial charge in [-0.2, -0.15) is 0 Å². The van der Waals surface area contributed by atoms with Crippen molar-refractivity contribution in [2.45, 2.75) is 32.7 Å². The van der Waals surface area contributed by atoms with Crippen LogP contribution in [0.3, 0.4) is 0 Å². The lowest BCUT2D eigenvalue weighted by molar-refractivity contribution is 0.0699. The zero-order valence-corrected chi connectivity index (χ0v) is 10.3. The molecule has 1 heterocycles. The Bertz CT molecular complexity index is 614. The zero-order chi connectivity index (χ0) is 12.8. The molecule has 18 heavy (non-hydrogen) atoms. The number of fused-ring (bicyclic) bond motifs is 1. The molecule has 1 aliphatic rings. The summed E-state index contributed by atoms with van der Waals surface area (Å²) in [6.45, 7) is 3.05. The van der Waals surface area contributed by atoms with Crippen LogP contribution in [0.25, 0.3) is 11.0 Å². The Hall–Kier alpha value is -1.91. The Balaban J connectivity index is 2.04. The number of nitrogens with zero attached hydrogens (tertiary/aromatic N) is 3. The van der Waals surface area contributed by atoms with Crippen LogP contribution in [0.4, 0.5) is 0 Å². The third-order valence-corrected chi connectivity index (χ3v) is 3.87. The van der Waals surface area contributed by atoms with Crippen molar-refractivity contribution in [1.29, 1.82) is 0 Å². The minimum Gasteiger partial charge on any atom is -0.478 e. The van der Waals surface area contributed by atoms with E-state index >= 15 is 0 Å². The molecule has 94 valence electrons. The minimum absolute atomic E-state index is 0.220. The Labute approximate surface area is 104 Å². The van der Waals surface area contributed by atoms with E-state index in [4.69, 9.17) is 5.11 Å². The van der Waals surface area contributed by atoms with Gasteiger partial charge < -0.3 is 5.11 Å². The van der Waals surface area contributed by atoms with Crippen LogP contribution in [0.1, 0.15) is 36.5 Å². The first-order chi connectivity index (χ1) is 8.59. The molecule has 0 amide bonds. The first-order valence-electron chi connectivity index (χ1n) is 6.15. The van der Waals surface area contributed by atoms with Crippen LogP contribution in [0.5, 0.6) is 0 Å². The second kappa shape index (κ2) is 3.80. The van der Waals surface area contributed by atoms with Crippen LogP contribution in [0, 0.1) is 5.41 Å². The monoisotopic (exact) mass is 245 g/mol. The number of aromatic carboxylic acids is 1. The van der Waals surface area contributed by atoms with Gasteiger partial charge in [0.05, 0.1) is 11.1 Å². The predicted molar refractivity (Wildman–Crippen MR) is 66.4 cm³/mol. The summed E-state index contributed by atoms with van der Waals surface area (Å²) >= 11 is 0. The molecule has 5 heteroatoms. The van der Waals surface area contributed by atoms with Crippen molar-refractivity contribution in [2.75, 3.05) is 0 Å². The van der Waals surface area contributed by atoms with Crippen molar-refractivity contribution in [2.24, 2.45) is 5.41 Å². The van der Waals surface area contributed by atoms with E-state index in [0.29, 0.717) is 10.9 Å². The Morgan fingerprint density at radius 1 is 1.50 bits per heavy atom. The molecule has 1 N–H and O–H groups in total. The molecule has 1 saturated carbocycles. The molecule has 0 bridgehead atoms. The maximum Gasteiger partial charge on any atom is 0.338 e. The second-order valence-electron chi connectivity index (χ2n) is 5.39. The second-order valence-corrected chi connectivity index (χ2v) is 5.39. The lowest BCUT2D eigenvalue weighted by Crippen LogP contribution is -2.31. The van der Waals surface area contributed by atoms with Crippen molar-refractivity contribution < 1.29 is 9.90 Å². The molecule has 0 radical (unpaired) electrons. The summed E-state index contributed by atoms with van der Waals surface area (Å²) in [5.41, 5.74) is 1.80. The first kappa shape index (κ1) is 11.2. The summed E-state index contributed by atoms with van der Waals surface area (Å²) in [7, 11) is 0. The number of hydrogen-bond acceptors (Lipinski definition) is 3. The normalized spacial score (nSPS) is 17.6. The lowest BCUT2D eigenvalue weighted by Gasteiger charge is -2.38. The molecule has 0 spiro atoms. The third-order valence-electron chi connectivity index (χ3n) is 3.87. The van der Waals surface area contributed by atoms with E-state index in [-0.39, 0.29) is 5.56 Å². The van der Waals surface area contributed by atoms with Gasteiger partial charge >= 0.3 is 5.97 Å². The van der Waals surface area contributed by atoms with Gasteiger partial charge in [-0.15, -0.1) is 5.10 Å². The van der Waals surface area contributed by atoms with Crippen molar-refractivity contribution in [3.63, 3.8) is 0 Å². The van der Waals surface area contributed by atoms with E-state index in [1.807, 2.05) is 10.7 Å². The standard InChI is InChI=1S/C13H15N3O2/c1-13(6-3-7-13)8-16-10-5-2-4-9(12(17)18)11(10)14-15-16/h2,4-5H,3,6-8H2,1H3,(H,17,18). The number of rotatable bonds is 3. The van der Waals surface area contributed by atoms with Gasteiger partial charge in [0, 0.05) is 6.54 Å². The molecule has 5 nitrogen and oxygen atoms in total. The van der Waals surface area contributed by atoms with Gasteiger partial charge in [-0.3, -0.25) is 0 Å². The summed E-state index contributed by atoms with van der Waals surface area (Å²) in [6, 6.07) is 5.19. The highest BCUT2D eigenvalue weighted by atomic mass is 16.4. The van der Waals surface area contributed by atoms with E-state index in [1.165, 1.54) is 19.3 Å². The fourth-order valence-electron chi connectivity index (χ4n) is 2.58. The van der Waals surface area contributed by atoms with E-state index in [0.717, 1.165) is 12.1 Å². The van der Waals surface area contributed by atoms with E-state index < -0.39 is 5.97 Å². The van der Waals surface area contributed by atoms with Crippen LogP contribution in [0.15, 0.2) is 18.2 Å². The Kier molecular flexibility index (Phi) is 2.36. The fourth-order valence-corrected chi connectivity index (χ4v) is 2.58. The summed E-state index contributed by atoms with van der Waals surface area (Å²) in [6.07, 6.45) is 3.67. The average Bonchev–Trinajstić information content (AvgIpc) is 2.70. The SMILES string of the molecule is CC1(Cn2nnc3c(C(=O)O)cccc32)CCC1. The first-order valence-corrected chi connectivity index (χ1v) is 6.15. The molecule has 1 aromatic carbocycles. The predicted octanol–water partition coefficient (Wildman–Crippen LogP) is 2.32. The molecule has 1 fully saturated rings. The van der Waals surface area contributed by atoms with Gasteiger partial charge in [0.25, 0.3) is 0 Å². The minimum atomic E-state index is -0.956.